The number of fused-ring (bicyclic) bond motifs is 1. The van der Waals surface area contributed by atoms with Gasteiger partial charge in [0.05, 0.1) is 18.3 Å². The van der Waals surface area contributed by atoms with E-state index in [0.717, 1.165) is 11.3 Å². The topological polar surface area (TPSA) is 102 Å². The zero-order valence-corrected chi connectivity index (χ0v) is 21.3. The van der Waals surface area contributed by atoms with Crippen LogP contribution in [0.25, 0.3) is 11.6 Å². The average molecular weight is 513 g/mol. The molecule has 0 aliphatic carbocycles. The number of nitrogens with zero attached hydrogens (tertiary/aromatic N) is 5. The van der Waals surface area contributed by atoms with Crippen molar-refractivity contribution >= 4 is 11.8 Å². The van der Waals surface area contributed by atoms with Gasteiger partial charge in [0, 0.05) is 61.5 Å². The number of carbonyl (C=O) groups excluding carboxylic acids is 1. The van der Waals surface area contributed by atoms with Crippen molar-refractivity contribution in [2.75, 3.05) is 24.6 Å². The first-order chi connectivity index (χ1) is 17.6. The van der Waals surface area contributed by atoms with E-state index in [0.29, 0.717) is 36.7 Å². The van der Waals surface area contributed by atoms with Crippen LogP contribution in [0.15, 0.2) is 36.8 Å². The summed E-state index contributed by atoms with van der Waals surface area (Å²) in [5.41, 5.74) is 1.66. The van der Waals surface area contributed by atoms with E-state index >= 15 is 0 Å². The van der Waals surface area contributed by atoms with E-state index in [1.165, 1.54) is 12.1 Å². The van der Waals surface area contributed by atoms with Crippen LogP contribution in [0.2, 0.25) is 0 Å². The number of hydrogen-bond donors (Lipinski definition) is 1. The minimum Gasteiger partial charge on any atom is -0.490 e. The molecule has 1 amide bonds. The van der Waals surface area contributed by atoms with Crippen LogP contribution in [0, 0.1) is 11.6 Å². The minimum atomic E-state index is -1.05. The molecule has 3 heterocycles. The highest BCUT2D eigenvalue weighted by Crippen LogP contribution is 2.36. The van der Waals surface area contributed by atoms with Crippen molar-refractivity contribution in [3.05, 3.63) is 59.7 Å². The minimum absolute atomic E-state index is 0.0895. The summed E-state index contributed by atoms with van der Waals surface area (Å²) in [6.07, 6.45) is 5.44. The molecule has 1 N–H and O–H groups in total. The van der Waals surface area contributed by atoms with Crippen LogP contribution in [0.4, 0.5) is 19.3 Å². The maximum absolute atomic E-state index is 14.5. The summed E-state index contributed by atoms with van der Waals surface area (Å²) in [5, 5.41) is 2.61. The maximum Gasteiger partial charge on any atom is 0.407 e. The lowest BCUT2D eigenvalue weighted by molar-refractivity contribution is 0.0525. The maximum atomic E-state index is 14.5. The molecule has 0 bridgehead atoms. The van der Waals surface area contributed by atoms with E-state index < -0.39 is 23.3 Å². The molecule has 4 rings (SSSR count). The van der Waals surface area contributed by atoms with Gasteiger partial charge in [-0.05, 0) is 40.2 Å². The Balaban J connectivity index is 1.41. The SMILES string of the molecule is CC1c2cnc(-c3ncccn3)nc2CCN1c1cc(F)c(F)c(OCCCNC(=O)OC(C)(C)C)c1. The monoisotopic (exact) mass is 512 g/mol. The second-order valence-electron chi connectivity index (χ2n) is 9.66. The number of nitrogens with one attached hydrogen (secondary N) is 1. The fraction of sp³-hybridized carbons (Fsp3) is 0.423. The van der Waals surface area contributed by atoms with Crippen molar-refractivity contribution in [2.24, 2.45) is 0 Å². The number of anilines is 1. The Hall–Kier alpha value is -3.89. The Morgan fingerprint density at radius 3 is 2.65 bits per heavy atom. The number of hydrogen-bond acceptors (Lipinski definition) is 8. The summed E-state index contributed by atoms with van der Waals surface area (Å²) in [4.78, 5) is 31.1. The Morgan fingerprint density at radius 1 is 1.16 bits per heavy atom. The summed E-state index contributed by atoms with van der Waals surface area (Å²) >= 11 is 0. The van der Waals surface area contributed by atoms with Crippen molar-refractivity contribution < 1.29 is 23.0 Å². The van der Waals surface area contributed by atoms with Crippen LogP contribution in [-0.4, -0.2) is 51.3 Å². The number of benzene rings is 1. The number of alkyl carbamates (subject to hydrolysis) is 1. The molecule has 1 unspecified atom stereocenters. The summed E-state index contributed by atoms with van der Waals surface area (Å²) in [6.45, 7) is 8.18. The van der Waals surface area contributed by atoms with Gasteiger partial charge in [-0.25, -0.2) is 29.1 Å². The van der Waals surface area contributed by atoms with Crippen molar-refractivity contribution in [3.8, 4) is 17.4 Å². The van der Waals surface area contributed by atoms with Gasteiger partial charge in [0.25, 0.3) is 0 Å². The fourth-order valence-corrected chi connectivity index (χ4v) is 4.02. The van der Waals surface area contributed by atoms with E-state index in [9.17, 15) is 13.6 Å². The van der Waals surface area contributed by atoms with Crippen LogP contribution < -0.4 is 15.0 Å². The van der Waals surface area contributed by atoms with Crippen molar-refractivity contribution in [2.45, 2.75) is 52.2 Å². The van der Waals surface area contributed by atoms with E-state index in [2.05, 4.69) is 25.3 Å². The Morgan fingerprint density at radius 2 is 1.92 bits per heavy atom. The number of amides is 1. The highest BCUT2D eigenvalue weighted by Gasteiger charge is 2.28. The summed E-state index contributed by atoms with van der Waals surface area (Å²) in [5.74, 6) is -1.33. The molecule has 3 aromatic rings. The van der Waals surface area contributed by atoms with Gasteiger partial charge >= 0.3 is 6.09 Å². The van der Waals surface area contributed by atoms with Gasteiger partial charge in [-0.1, -0.05) is 0 Å². The van der Waals surface area contributed by atoms with Crippen LogP contribution in [-0.2, 0) is 11.2 Å². The molecule has 1 atom stereocenters. The zero-order valence-electron chi connectivity index (χ0n) is 21.3. The lowest BCUT2D eigenvalue weighted by atomic mass is 9.98. The predicted octanol–water partition coefficient (Wildman–Crippen LogP) is 4.63. The highest BCUT2D eigenvalue weighted by molar-refractivity contribution is 5.67. The number of carbonyl (C=O) groups is 1. The normalized spacial score (nSPS) is 15.2. The van der Waals surface area contributed by atoms with E-state index in [1.54, 1.807) is 45.4 Å². The van der Waals surface area contributed by atoms with Crippen molar-refractivity contribution in [3.63, 3.8) is 0 Å². The second kappa shape index (κ2) is 11.0. The van der Waals surface area contributed by atoms with Gasteiger partial charge in [0.1, 0.15) is 5.60 Å². The van der Waals surface area contributed by atoms with Gasteiger partial charge in [-0.2, -0.15) is 4.39 Å². The Labute approximate surface area is 214 Å². The molecule has 9 nitrogen and oxygen atoms in total. The van der Waals surface area contributed by atoms with E-state index in [4.69, 9.17) is 9.47 Å². The smallest absolute Gasteiger partial charge is 0.407 e. The first-order valence-corrected chi connectivity index (χ1v) is 12.1. The van der Waals surface area contributed by atoms with Gasteiger partial charge in [-0.15, -0.1) is 0 Å². The van der Waals surface area contributed by atoms with Crippen LogP contribution in [0.3, 0.4) is 0 Å². The first-order valence-electron chi connectivity index (χ1n) is 12.1. The molecule has 1 aromatic carbocycles. The molecule has 0 spiro atoms. The first kappa shape index (κ1) is 26.2. The van der Waals surface area contributed by atoms with Gasteiger partial charge in [0.2, 0.25) is 5.82 Å². The van der Waals surface area contributed by atoms with Gasteiger partial charge in [-0.3, -0.25) is 0 Å². The number of aromatic nitrogens is 4. The van der Waals surface area contributed by atoms with Crippen molar-refractivity contribution in [1.82, 2.24) is 25.3 Å². The molecule has 2 aromatic heterocycles. The summed E-state index contributed by atoms with van der Waals surface area (Å²) in [6, 6.07) is 4.21. The zero-order chi connectivity index (χ0) is 26.6. The molecular formula is C26H30F2N6O3. The molecule has 0 fully saturated rings. The van der Waals surface area contributed by atoms with Gasteiger partial charge in [0.15, 0.2) is 23.2 Å². The molecule has 196 valence electrons. The lowest BCUT2D eigenvalue weighted by Gasteiger charge is -2.36. The second-order valence-corrected chi connectivity index (χ2v) is 9.66. The van der Waals surface area contributed by atoms with Crippen LogP contribution >= 0.6 is 0 Å². The van der Waals surface area contributed by atoms with Crippen LogP contribution in [0.1, 0.15) is 51.4 Å². The number of rotatable bonds is 7. The third-order valence-corrected chi connectivity index (χ3v) is 5.73. The molecule has 0 saturated heterocycles. The molecule has 0 saturated carbocycles. The quantitative estimate of drug-likeness (QED) is 0.457. The number of halogens is 2. The molecule has 37 heavy (non-hydrogen) atoms. The highest BCUT2D eigenvalue weighted by atomic mass is 19.2. The molecule has 1 aliphatic rings. The molecular weight excluding hydrogens is 482 g/mol. The van der Waals surface area contributed by atoms with E-state index in [1.807, 2.05) is 11.8 Å². The van der Waals surface area contributed by atoms with E-state index in [-0.39, 0.29) is 24.9 Å². The standard InChI is InChI=1S/C26H30F2N6O3/c1-16-18-15-32-24(23-29-8-5-9-30-23)33-20(18)7-11-34(16)17-13-19(27)22(28)21(14-17)36-12-6-10-31-25(35)37-26(2,3)4/h5,8-9,13-16H,6-7,10-12H2,1-4H3,(H,31,35). The van der Waals surface area contributed by atoms with Gasteiger partial charge < -0.3 is 19.7 Å². The lowest BCUT2D eigenvalue weighted by Crippen LogP contribution is -2.35. The van der Waals surface area contributed by atoms with Crippen LogP contribution in [0.5, 0.6) is 5.75 Å². The fourth-order valence-electron chi connectivity index (χ4n) is 4.02. The summed E-state index contributed by atoms with van der Waals surface area (Å²) < 4.78 is 39.7. The van der Waals surface area contributed by atoms with Crippen molar-refractivity contribution in [1.29, 1.82) is 0 Å². The Bertz CT molecular complexity index is 1250. The summed E-state index contributed by atoms with van der Waals surface area (Å²) in [7, 11) is 0. The Kier molecular flexibility index (Phi) is 7.80. The average Bonchev–Trinajstić information content (AvgIpc) is 2.85. The number of ether oxygens (including phenoxy) is 2. The molecule has 0 radical (unpaired) electrons. The third-order valence-electron chi connectivity index (χ3n) is 5.73. The third kappa shape index (κ3) is 6.46. The predicted molar refractivity (Wildman–Crippen MR) is 133 cm³/mol. The molecule has 11 heteroatoms. The molecule has 1 aliphatic heterocycles. The largest absolute Gasteiger partial charge is 0.490 e.